The minimum absolute atomic E-state index is 0.112. The van der Waals surface area contributed by atoms with Crippen LogP contribution in [-0.4, -0.2) is 51.8 Å². The van der Waals surface area contributed by atoms with Crippen molar-refractivity contribution in [1.29, 1.82) is 0 Å². The molecule has 0 spiro atoms. The van der Waals surface area contributed by atoms with Crippen LogP contribution in [0.4, 0.5) is 5.82 Å². The van der Waals surface area contributed by atoms with E-state index in [1.807, 2.05) is 41.3 Å². The Labute approximate surface area is 182 Å². The second-order valence-corrected chi connectivity index (χ2v) is 7.95. The fourth-order valence-corrected chi connectivity index (χ4v) is 4.06. The summed E-state index contributed by atoms with van der Waals surface area (Å²) < 4.78 is 1.48. The number of aromatic nitrogens is 3. The lowest BCUT2D eigenvalue weighted by atomic mass is 10.1. The van der Waals surface area contributed by atoms with Crippen LogP contribution in [-0.2, 0) is 6.54 Å². The summed E-state index contributed by atoms with van der Waals surface area (Å²) in [4.78, 5) is 34.7. The Morgan fingerprint density at radius 2 is 1.68 bits per heavy atom. The molecule has 1 saturated heterocycles. The molecule has 7 nitrogen and oxygen atoms in total. The SMILES string of the molecule is CCCCCCn1nc(C(=O)N2CCN(c3ccccn3)CC2)c2ccccc2c1=O. The molecule has 0 aliphatic carbocycles. The minimum atomic E-state index is -0.122. The normalized spacial score (nSPS) is 14.2. The predicted molar refractivity (Wildman–Crippen MR) is 122 cm³/mol. The molecule has 0 unspecified atom stereocenters. The standard InChI is InChI=1S/C24H29N5O2/c1-2-3-4-9-14-29-23(30)20-11-6-5-10-19(20)22(26-29)24(31)28-17-15-27(16-18-28)21-12-7-8-13-25-21/h5-8,10-13H,2-4,9,14-18H2,1H3. The highest BCUT2D eigenvalue weighted by molar-refractivity contribution is 6.04. The van der Waals surface area contributed by atoms with E-state index in [1.54, 1.807) is 12.3 Å². The number of fused-ring (bicyclic) bond motifs is 1. The lowest BCUT2D eigenvalue weighted by molar-refractivity contribution is 0.0740. The molecule has 0 atom stereocenters. The molecular weight excluding hydrogens is 390 g/mol. The van der Waals surface area contributed by atoms with Crippen molar-refractivity contribution < 1.29 is 4.79 Å². The number of pyridine rings is 1. The van der Waals surface area contributed by atoms with Gasteiger partial charge in [0.2, 0.25) is 0 Å². The number of rotatable bonds is 7. The molecule has 4 rings (SSSR count). The highest BCUT2D eigenvalue weighted by atomic mass is 16.2. The molecule has 162 valence electrons. The number of hydrogen-bond acceptors (Lipinski definition) is 5. The molecule has 0 saturated carbocycles. The number of nitrogens with zero attached hydrogens (tertiary/aromatic N) is 5. The van der Waals surface area contributed by atoms with Gasteiger partial charge in [0.15, 0.2) is 5.69 Å². The summed E-state index contributed by atoms with van der Waals surface area (Å²) in [6.07, 6.45) is 5.99. The first-order valence-corrected chi connectivity index (χ1v) is 11.1. The van der Waals surface area contributed by atoms with Crippen molar-refractivity contribution in [3.8, 4) is 0 Å². The third kappa shape index (κ3) is 4.60. The van der Waals surface area contributed by atoms with E-state index in [1.165, 1.54) is 4.68 Å². The van der Waals surface area contributed by atoms with Crippen molar-refractivity contribution in [3.05, 3.63) is 64.7 Å². The quantitative estimate of drug-likeness (QED) is 0.550. The molecule has 7 heteroatoms. The zero-order valence-corrected chi connectivity index (χ0v) is 18.0. The maximum absolute atomic E-state index is 13.4. The largest absolute Gasteiger partial charge is 0.353 e. The molecule has 3 heterocycles. The van der Waals surface area contributed by atoms with Crippen molar-refractivity contribution in [3.63, 3.8) is 0 Å². The number of aryl methyl sites for hydroxylation is 1. The van der Waals surface area contributed by atoms with Crippen LogP contribution in [0, 0.1) is 0 Å². The minimum Gasteiger partial charge on any atom is -0.353 e. The summed E-state index contributed by atoms with van der Waals surface area (Å²) in [5.41, 5.74) is 0.251. The van der Waals surface area contributed by atoms with Gasteiger partial charge in [-0.3, -0.25) is 9.59 Å². The highest BCUT2D eigenvalue weighted by Gasteiger charge is 2.26. The van der Waals surface area contributed by atoms with E-state index in [-0.39, 0.29) is 11.5 Å². The van der Waals surface area contributed by atoms with Gasteiger partial charge in [-0.05, 0) is 24.6 Å². The van der Waals surface area contributed by atoms with Crippen LogP contribution in [0.5, 0.6) is 0 Å². The topological polar surface area (TPSA) is 71.3 Å². The smallest absolute Gasteiger partial charge is 0.275 e. The Kier molecular flexibility index (Phi) is 6.60. The van der Waals surface area contributed by atoms with Gasteiger partial charge in [-0.2, -0.15) is 5.10 Å². The number of anilines is 1. The second-order valence-electron chi connectivity index (χ2n) is 7.95. The van der Waals surface area contributed by atoms with Gasteiger partial charge >= 0.3 is 0 Å². The van der Waals surface area contributed by atoms with Gasteiger partial charge in [0.25, 0.3) is 11.5 Å². The zero-order valence-electron chi connectivity index (χ0n) is 18.0. The van der Waals surface area contributed by atoms with Gasteiger partial charge in [-0.25, -0.2) is 9.67 Å². The number of carbonyl (C=O) groups excluding carboxylic acids is 1. The third-order valence-electron chi connectivity index (χ3n) is 5.83. The molecule has 2 aromatic heterocycles. The molecule has 0 N–H and O–H groups in total. The zero-order chi connectivity index (χ0) is 21.6. The molecule has 3 aromatic rings. The van der Waals surface area contributed by atoms with Crippen molar-refractivity contribution in [2.24, 2.45) is 0 Å². The van der Waals surface area contributed by atoms with Crippen LogP contribution in [0.2, 0.25) is 0 Å². The molecule has 31 heavy (non-hydrogen) atoms. The Hall–Kier alpha value is -3.22. The van der Waals surface area contributed by atoms with Crippen LogP contribution in [0.15, 0.2) is 53.5 Å². The molecular formula is C24H29N5O2. The number of hydrogen-bond donors (Lipinski definition) is 0. The Morgan fingerprint density at radius 3 is 2.39 bits per heavy atom. The second kappa shape index (κ2) is 9.73. The van der Waals surface area contributed by atoms with E-state index < -0.39 is 0 Å². The van der Waals surface area contributed by atoms with E-state index in [4.69, 9.17) is 0 Å². The Morgan fingerprint density at radius 1 is 0.935 bits per heavy atom. The summed E-state index contributed by atoms with van der Waals surface area (Å²) in [7, 11) is 0. The molecule has 1 amide bonds. The van der Waals surface area contributed by atoms with Crippen LogP contribution in [0.25, 0.3) is 10.8 Å². The van der Waals surface area contributed by atoms with Crippen LogP contribution in [0.1, 0.15) is 43.1 Å². The van der Waals surface area contributed by atoms with Crippen molar-refractivity contribution >= 4 is 22.5 Å². The number of piperazine rings is 1. The van der Waals surface area contributed by atoms with Gasteiger partial charge in [-0.15, -0.1) is 0 Å². The number of carbonyl (C=O) groups is 1. The molecule has 1 aromatic carbocycles. The molecule has 0 bridgehead atoms. The lowest BCUT2D eigenvalue weighted by Crippen LogP contribution is -2.49. The summed E-state index contributed by atoms with van der Waals surface area (Å²) in [5.74, 6) is 0.818. The van der Waals surface area contributed by atoms with Gasteiger partial charge in [-0.1, -0.05) is 50.5 Å². The number of benzene rings is 1. The maximum Gasteiger partial charge on any atom is 0.275 e. The first-order valence-electron chi connectivity index (χ1n) is 11.1. The van der Waals surface area contributed by atoms with E-state index in [2.05, 4.69) is 21.9 Å². The summed E-state index contributed by atoms with van der Waals surface area (Å²) in [6, 6.07) is 13.2. The van der Waals surface area contributed by atoms with Gasteiger partial charge in [0.05, 0.1) is 5.39 Å². The fourth-order valence-electron chi connectivity index (χ4n) is 4.06. The molecule has 0 radical (unpaired) electrons. The monoisotopic (exact) mass is 419 g/mol. The highest BCUT2D eigenvalue weighted by Crippen LogP contribution is 2.18. The van der Waals surface area contributed by atoms with E-state index in [9.17, 15) is 9.59 Å². The predicted octanol–water partition coefficient (Wildman–Crippen LogP) is 3.33. The summed E-state index contributed by atoms with van der Waals surface area (Å²) in [5, 5.41) is 5.73. The van der Waals surface area contributed by atoms with Gasteiger partial charge < -0.3 is 9.80 Å². The molecule has 1 aliphatic heterocycles. The molecule has 1 aliphatic rings. The van der Waals surface area contributed by atoms with Crippen molar-refractivity contribution in [2.75, 3.05) is 31.1 Å². The Bertz CT molecular complexity index is 1090. The van der Waals surface area contributed by atoms with E-state index in [0.29, 0.717) is 36.1 Å². The average Bonchev–Trinajstić information content (AvgIpc) is 2.83. The summed E-state index contributed by atoms with van der Waals surface area (Å²) in [6.45, 7) is 5.33. The average molecular weight is 420 g/mol. The number of amides is 1. The van der Waals surface area contributed by atoms with E-state index >= 15 is 0 Å². The maximum atomic E-state index is 13.4. The fraction of sp³-hybridized carbons (Fsp3) is 0.417. The summed E-state index contributed by atoms with van der Waals surface area (Å²) >= 11 is 0. The lowest BCUT2D eigenvalue weighted by Gasteiger charge is -2.35. The number of unbranched alkanes of at least 4 members (excludes halogenated alkanes) is 3. The van der Waals surface area contributed by atoms with Gasteiger partial charge in [0, 0.05) is 44.3 Å². The van der Waals surface area contributed by atoms with Gasteiger partial charge in [0.1, 0.15) is 5.82 Å². The first-order chi connectivity index (χ1) is 15.2. The van der Waals surface area contributed by atoms with Crippen LogP contribution in [0.3, 0.4) is 0 Å². The van der Waals surface area contributed by atoms with Crippen LogP contribution < -0.4 is 10.5 Å². The van der Waals surface area contributed by atoms with Crippen LogP contribution >= 0.6 is 0 Å². The third-order valence-corrected chi connectivity index (χ3v) is 5.83. The van der Waals surface area contributed by atoms with E-state index in [0.717, 1.165) is 44.6 Å². The molecule has 1 fully saturated rings. The Balaban J connectivity index is 1.56. The van der Waals surface area contributed by atoms with Crippen molar-refractivity contribution in [1.82, 2.24) is 19.7 Å². The van der Waals surface area contributed by atoms with Crippen molar-refractivity contribution in [2.45, 2.75) is 39.2 Å². The first kappa shape index (κ1) is 21.0.